The molecule has 0 atom stereocenters. The number of ether oxygens (including phenoxy) is 1. The SMILES string of the molecule is COC(C)(C)CCc1c(I)cnn1C. The van der Waals surface area contributed by atoms with Crippen molar-refractivity contribution in [2.75, 3.05) is 7.11 Å². The third kappa shape index (κ3) is 2.95. The van der Waals surface area contributed by atoms with Crippen molar-refractivity contribution in [1.82, 2.24) is 9.78 Å². The topological polar surface area (TPSA) is 27.1 Å². The number of hydrogen-bond donors (Lipinski definition) is 0. The molecule has 0 radical (unpaired) electrons. The zero-order valence-corrected chi connectivity index (χ0v) is 11.3. The van der Waals surface area contributed by atoms with Crippen LogP contribution < -0.4 is 0 Å². The first-order chi connectivity index (χ1) is 6.46. The second-order valence-corrected chi connectivity index (χ2v) is 5.19. The van der Waals surface area contributed by atoms with E-state index in [1.54, 1.807) is 7.11 Å². The Labute approximate surface area is 99.0 Å². The summed E-state index contributed by atoms with van der Waals surface area (Å²) in [6.07, 6.45) is 3.92. The van der Waals surface area contributed by atoms with Gasteiger partial charge in [0.2, 0.25) is 0 Å². The van der Waals surface area contributed by atoms with E-state index in [1.807, 2.05) is 17.9 Å². The number of hydrogen-bond acceptors (Lipinski definition) is 2. The molecule has 1 aromatic heterocycles. The quantitative estimate of drug-likeness (QED) is 0.799. The average molecular weight is 308 g/mol. The molecular weight excluding hydrogens is 291 g/mol. The van der Waals surface area contributed by atoms with E-state index in [4.69, 9.17) is 4.74 Å². The van der Waals surface area contributed by atoms with Gasteiger partial charge in [-0.1, -0.05) is 0 Å². The van der Waals surface area contributed by atoms with Gasteiger partial charge in [0.15, 0.2) is 0 Å². The van der Waals surface area contributed by atoms with Gasteiger partial charge in [0, 0.05) is 14.2 Å². The smallest absolute Gasteiger partial charge is 0.0626 e. The van der Waals surface area contributed by atoms with Crippen LogP contribution in [0.1, 0.15) is 26.0 Å². The molecular formula is C10H17IN2O. The van der Waals surface area contributed by atoms with Gasteiger partial charge in [-0.2, -0.15) is 5.10 Å². The van der Waals surface area contributed by atoms with Gasteiger partial charge in [0.05, 0.1) is 21.1 Å². The molecule has 0 saturated heterocycles. The summed E-state index contributed by atoms with van der Waals surface area (Å²) in [6, 6.07) is 0. The van der Waals surface area contributed by atoms with Crippen molar-refractivity contribution >= 4 is 22.6 Å². The van der Waals surface area contributed by atoms with Gasteiger partial charge in [0.25, 0.3) is 0 Å². The van der Waals surface area contributed by atoms with Gasteiger partial charge in [-0.05, 0) is 49.3 Å². The molecule has 0 aromatic carbocycles. The molecule has 0 N–H and O–H groups in total. The summed E-state index contributed by atoms with van der Waals surface area (Å²) < 4.78 is 8.55. The van der Waals surface area contributed by atoms with E-state index in [9.17, 15) is 0 Å². The van der Waals surface area contributed by atoms with Crippen LogP contribution in [0, 0.1) is 3.57 Å². The molecule has 0 amide bonds. The van der Waals surface area contributed by atoms with Crippen LogP contribution in [0.25, 0.3) is 0 Å². The summed E-state index contributed by atoms with van der Waals surface area (Å²) >= 11 is 2.32. The lowest BCUT2D eigenvalue weighted by atomic mass is 10.0. The third-order valence-electron chi connectivity index (χ3n) is 2.53. The van der Waals surface area contributed by atoms with Gasteiger partial charge in [-0.15, -0.1) is 0 Å². The molecule has 4 heteroatoms. The van der Waals surface area contributed by atoms with Crippen molar-refractivity contribution in [2.45, 2.75) is 32.3 Å². The van der Waals surface area contributed by atoms with E-state index < -0.39 is 0 Å². The fourth-order valence-electron chi connectivity index (χ4n) is 1.24. The summed E-state index contributed by atoms with van der Waals surface area (Å²) in [7, 11) is 3.74. The van der Waals surface area contributed by atoms with Crippen LogP contribution in [0.15, 0.2) is 6.20 Å². The maximum absolute atomic E-state index is 5.38. The van der Waals surface area contributed by atoms with Crippen molar-refractivity contribution in [3.63, 3.8) is 0 Å². The predicted octanol–water partition coefficient (Wildman–Crippen LogP) is 2.38. The molecule has 1 aromatic rings. The number of rotatable bonds is 4. The molecule has 0 fully saturated rings. The lowest BCUT2D eigenvalue weighted by Crippen LogP contribution is -2.23. The highest BCUT2D eigenvalue weighted by Crippen LogP contribution is 2.19. The van der Waals surface area contributed by atoms with E-state index in [0.29, 0.717) is 0 Å². The molecule has 0 bridgehead atoms. The van der Waals surface area contributed by atoms with Gasteiger partial charge in [0.1, 0.15) is 0 Å². The third-order valence-corrected chi connectivity index (χ3v) is 3.43. The number of aryl methyl sites for hydroxylation is 1. The summed E-state index contributed by atoms with van der Waals surface area (Å²) in [5, 5.41) is 4.21. The van der Waals surface area contributed by atoms with E-state index in [-0.39, 0.29) is 5.60 Å². The summed E-state index contributed by atoms with van der Waals surface area (Å²) in [5.41, 5.74) is 1.24. The molecule has 3 nitrogen and oxygen atoms in total. The lowest BCUT2D eigenvalue weighted by molar-refractivity contribution is 0.0154. The molecule has 1 rings (SSSR count). The van der Waals surface area contributed by atoms with E-state index in [2.05, 4.69) is 41.5 Å². The number of halogens is 1. The molecule has 1 heterocycles. The zero-order chi connectivity index (χ0) is 10.8. The van der Waals surface area contributed by atoms with Gasteiger partial charge in [-0.3, -0.25) is 4.68 Å². The lowest BCUT2D eigenvalue weighted by Gasteiger charge is -2.22. The molecule has 0 aliphatic rings. The Morgan fingerprint density at radius 2 is 2.21 bits per heavy atom. The Balaban J connectivity index is 2.62. The zero-order valence-electron chi connectivity index (χ0n) is 9.17. The summed E-state index contributed by atoms with van der Waals surface area (Å²) in [6.45, 7) is 4.21. The van der Waals surface area contributed by atoms with E-state index in [0.717, 1.165) is 12.8 Å². The summed E-state index contributed by atoms with van der Waals surface area (Å²) in [5.74, 6) is 0. The van der Waals surface area contributed by atoms with Crippen LogP contribution in [0.2, 0.25) is 0 Å². The Hall–Kier alpha value is -0.100. The Kier molecular flexibility index (Phi) is 3.94. The Bertz CT molecular complexity index is 288. The van der Waals surface area contributed by atoms with Crippen LogP contribution in [0.4, 0.5) is 0 Å². The van der Waals surface area contributed by atoms with Gasteiger partial charge in [-0.25, -0.2) is 0 Å². The largest absolute Gasteiger partial charge is 0.379 e. The van der Waals surface area contributed by atoms with Crippen molar-refractivity contribution in [2.24, 2.45) is 7.05 Å². The molecule has 0 aliphatic heterocycles. The first-order valence-electron chi connectivity index (χ1n) is 4.68. The van der Waals surface area contributed by atoms with Crippen molar-refractivity contribution < 1.29 is 4.74 Å². The number of aromatic nitrogens is 2. The molecule has 80 valence electrons. The highest BCUT2D eigenvalue weighted by Gasteiger charge is 2.17. The number of methoxy groups -OCH3 is 1. The minimum atomic E-state index is -0.0483. The molecule has 0 saturated carbocycles. The molecule has 0 unspecified atom stereocenters. The Morgan fingerprint density at radius 1 is 1.57 bits per heavy atom. The normalized spacial score (nSPS) is 12.1. The Morgan fingerprint density at radius 3 is 2.64 bits per heavy atom. The van der Waals surface area contributed by atoms with Gasteiger partial charge < -0.3 is 4.74 Å². The predicted molar refractivity (Wildman–Crippen MR) is 65.3 cm³/mol. The fraction of sp³-hybridized carbons (Fsp3) is 0.700. The highest BCUT2D eigenvalue weighted by atomic mass is 127. The van der Waals surface area contributed by atoms with Crippen LogP contribution in [-0.4, -0.2) is 22.5 Å². The van der Waals surface area contributed by atoms with Crippen LogP contribution in [0.3, 0.4) is 0 Å². The monoisotopic (exact) mass is 308 g/mol. The second-order valence-electron chi connectivity index (χ2n) is 4.03. The molecule has 0 spiro atoms. The van der Waals surface area contributed by atoms with E-state index in [1.165, 1.54) is 9.26 Å². The fourth-order valence-corrected chi connectivity index (χ4v) is 1.98. The maximum atomic E-state index is 5.38. The first-order valence-corrected chi connectivity index (χ1v) is 5.75. The van der Waals surface area contributed by atoms with Crippen molar-refractivity contribution in [3.8, 4) is 0 Å². The van der Waals surface area contributed by atoms with Crippen LogP contribution >= 0.6 is 22.6 Å². The van der Waals surface area contributed by atoms with Gasteiger partial charge >= 0.3 is 0 Å². The highest BCUT2D eigenvalue weighted by molar-refractivity contribution is 14.1. The van der Waals surface area contributed by atoms with Crippen molar-refractivity contribution in [1.29, 1.82) is 0 Å². The molecule has 0 aliphatic carbocycles. The van der Waals surface area contributed by atoms with Crippen LogP contribution in [-0.2, 0) is 18.2 Å². The summed E-state index contributed by atoms with van der Waals surface area (Å²) in [4.78, 5) is 0. The van der Waals surface area contributed by atoms with Crippen molar-refractivity contribution in [3.05, 3.63) is 15.5 Å². The second kappa shape index (κ2) is 4.61. The maximum Gasteiger partial charge on any atom is 0.0626 e. The van der Waals surface area contributed by atoms with E-state index >= 15 is 0 Å². The standard InChI is InChI=1S/C10H17IN2O/c1-10(2,14-4)6-5-9-8(11)7-12-13(9)3/h7H,5-6H2,1-4H3. The minimum Gasteiger partial charge on any atom is -0.379 e. The first kappa shape index (κ1) is 12.0. The van der Waals surface area contributed by atoms with Crippen LogP contribution in [0.5, 0.6) is 0 Å². The average Bonchev–Trinajstić information content (AvgIpc) is 2.44. The number of nitrogens with zero attached hydrogens (tertiary/aromatic N) is 2. The minimum absolute atomic E-state index is 0.0483. The molecule has 14 heavy (non-hydrogen) atoms.